The first-order valence-corrected chi connectivity index (χ1v) is 6.09. The van der Waals surface area contributed by atoms with Crippen molar-refractivity contribution in [3.63, 3.8) is 0 Å². The molecule has 0 spiro atoms. The summed E-state index contributed by atoms with van der Waals surface area (Å²) in [6.45, 7) is 5.11. The number of aliphatic hydroxyl groups excluding tert-OH is 1. The van der Waals surface area contributed by atoms with E-state index < -0.39 is 0 Å². The summed E-state index contributed by atoms with van der Waals surface area (Å²) >= 11 is 0. The average molecular weight is 215 g/mol. The van der Waals surface area contributed by atoms with Gasteiger partial charge in [0.1, 0.15) is 0 Å². The fourth-order valence-electron chi connectivity index (χ4n) is 2.13. The van der Waals surface area contributed by atoms with Crippen LogP contribution in [-0.4, -0.2) is 37.0 Å². The van der Waals surface area contributed by atoms with E-state index in [1.54, 1.807) is 7.11 Å². The van der Waals surface area contributed by atoms with E-state index in [2.05, 4.69) is 19.2 Å². The topological polar surface area (TPSA) is 41.5 Å². The first-order valence-electron chi connectivity index (χ1n) is 6.09. The van der Waals surface area contributed by atoms with Gasteiger partial charge < -0.3 is 15.2 Å². The molecule has 2 N–H and O–H groups in total. The highest BCUT2D eigenvalue weighted by molar-refractivity contribution is 4.78. The molecule has 1 aliphatic rings. The summed E-state index contributed by atoms with van der Waals surface area (Å²) in [4.78, 5) is 0. The molecule has 0 aromatic rings. The van der Waals surface area contributed by atoms with Crippen LogP contribution < -0.4 is 5.32 Å². The van der Waals surface area contributed by atoms with Crippen LogP contribution in [0.2, 0.25) is 0 Å². The Kier molecular flexibility index (Phi) is 5.58. The summed E-state index contributed by atoms with van der Waals surface area (Å²) in [6, 6.07) is 0.351. The molecule has 4 atom stereocenters. The summed E-state index contributed by atoms with van der Waals surface area (Å²) in [6.07, 6.45) is 4.70. The van der Waals surface area contributed by atoms with Gasteiger partial charge in [-0.2, -0.15) is 0 Å². The first kappa shape index (κ1) is 12.9. The highest BCUT2D eigenvalue weighted by atomic mass is 16.5. The van der Waals surface area contributed by atoms with E-state index >= 15 is 0 Å². The van der Waals surface area contributed by atoms with E-state index in [9.17, 15) is 5.11 Å². The predicted molar refractivity (Wildman–Crippen MR) is 61.9 cm³/mol. The summed E-state index contributed by atoms with van der Waals surface area (Å²) in [7, 11) is 1.73. The fourth-order valence-corrected chi connectivity index (χ4v) is 2.13. The largest absolute Gasteiger partial charge is 0.393 e. The molecule has 0 aliphatic heterocycles. The van der Waals surface area contributed by atoms with Crippen molar-refractivity contribution in [3.05, 3.63) is 0 Å². The number of hydrogen-bond acceptors (Lipinski definition) is 3. The lowest BCUT2D eigenvalue weighted by molar-refractivity contribution is 0.0558. The van der Waals surface area contributed by atoms with Gasteiger partial charge >= 0.3 is 0 Å². The molecule has 3 nitrogen and oxygen atoms in total. The van der Waals surface area contributed by atoms with Crippen LogP contribution in [-0.2, 0) is 4.74 Å². The van der Waals surface area contributed by atoms with Gasteiger partial charge in [-0.3, -0.25) is 0 Å². The average Bonchev–Trinajstić information content (AvgIpc) is 2.26. The Balaban J connectivity index is 2.23. The Morgan fingerprint density at radius 2 is 2.00 bits per heavy atom. The normalized spacial score (nSPS) is 31.2. The zero-order valence-corrected chi connectivity index (χ0v) is 10.2. The van der Waals surface area contributed by atoms with Crippen LogP contribution in [0.25, 0.3) is 0 Å². The Morgan fingerprint density at radius 1 is 1.33 bits per heavy atom. The SMILES string of the molecule is COC(C)C(C)NCC1CCCCC1O. The number of hydrogen-bond donors (Lipinski definition) is 2. The third-order valence-corrected chi connectivity index (χ3v) is 3.65. The molecule has 1 aliphatic carbocycles. The molecule has 0 bridgehead atoms. The number of nitrogens with one attached hydrogen (secondary N) is 1. The van der Waals surface area contributed by atoms with Gasteiger partial charge in [0.2, 0.25) is 0 Å². The Morgan fingerprint density at radius 3 is 2.60 bits per heavy atom. The highest BCUT2D eigenvalue weighted by Gasteiger charge is 2.23. The smallest absolute Gasteiger partial charge is 0.0693 e. The molecule has 0 saturated heterocycles. The molecule has 90 valence electrons. The minimum atomic E-state index is -0.101. The first-order chi connectivity index (χ1) is 7.15. The minimum absolute atomic E-state index is 0.101. The van der Waals surface area contributed by atoms with Gasteiger partial charge in [0.15, 0.2) is 0 Å². The molecule has 0 aromatic carbocycles. The second-order valence-electron chi connectivity index (χ2n) is 4.75. The van der Waals surface area contributed by atoms with E-state index in [0.717, 1.165) is 19.4 Å². The van der Waals surface area contributed by atoms with Gasteiger partial charge in [-0.15, -0.1) is 0 Å². The van der Waals surface area contributed by atoms with Crippen LogP contribution in [0.15, 0.2) is 0 Å². The van der Waals surface area contributed by atoms with Crippen molar-refractivity contribution in [2.75, 3.05) is 13.7 Å². The summed E-state index contributed by atoms with van der Waals surface area (Å²) in [5, 5.41) is 13.3. The number of rotatable bonds is 5. The molecule has 3 heteroatoms. The molecule has 15 heavy (non-hydrogen) atoms. The van der Waals surface area contributed by atoms with Gasteiger partial charge in [-0.1, -0.05) is 12.8 Å². The van der Waals surface area contributed by atoms with E-state index in [-0.39, 0.29) is 12.2 Å². The third kappa shape index (κ3) is 4.09. The molecule has 1 rings (SSSR count). The number of ether oxygens (including phenoxy) is 1. The van der Waals surface area contributed by atoms with Gasteiger partial charge in [0, 0.05) is 19.7 Å². The molecule has 4 unspecified atom stereocenters. The molecule has 0 aromatic heterocycles. The molecule has 0 amide bonds. The van der Waals surface area contributed by atoms with Gasteiger partial charge in [-0.25, -0.2) is 0 Å². The molecular formula is C12H25NO2. The van der Waals surface area contributed by atoms with Crippen LogP contribution in [0, 0.1) is 5.92 Å². The van der Waals surface area contributed by atoms with Crippen LogP contribution >= 0.6 is 0 Å². The second-order valence-corrected chi connectivity index (χ2v) is 4.75. The lowest BCUT2D eigenvalue weighted by Gasteiger charge is -2.30. The molecule has 1 fully saturated rings. The standard InChI is InChI=1S/C12H25NO2/c1-9(10(2)15-3)13-8-11-6-4-5-7-12(11)14/h9-14H,4-8H2,1-3H3. The lowest BCUT2D eigenvalue weighted by Crippen LogP contribution is -2.42. The lowest BCUT2D eigenvalue weighted by atomic mass is 9.86. The summed E-state index contributed by atoms with van der Waals surface area (Å²) in [5.74, 6) is 0.435. The Labute approximate surface area is 93.2 Å². The van der Waals surface area contributed by atoms with E-state index in [1.165, 1.54) is 12.8 Å². The predicted octanol–water partition coefficient (Wildman–Crippen LogP) is 1.55. The highest BCUT2D eigenvalue weighted by Crippen LogP contribution is 2.23. The maximum absolute atomic E-state index is 9.81. The van der Waals surface area contributed by atoms with E-state index in [1.807, 2.05) is 0 Å². The van der Waals surface area contributed by atoms with Crippen LogP contribution in [0.1, 0.15) is 39.5 Å². The maximum atomic E-state index is 9.81. The molecule has 0 radical (unpaired) electrons. The van der Waals surface area contributed by atoms with E-state index in [0.29, 0.717) is 12.0 Å². The minimum Gasteiger partial charge on any atom is -0.393 e. The van der Waals surface area contributed by atoms with Crippen molar-refractivity contribution in [1.82, 2.24) is 5.32 Å². The molecule has 1 saturated carbocycles. The fraction of sp³-hybridized carbons (Fsp3) is 1.00. The van der Waals surface area contributed by atoms with Crippen molar-refractivity contribution in [2.45, 2.75) is 57.8 Å². The molecule has 0 heterocycles. The number of aliphatic hydroxyl groups is 1. The Bertz CT molecular complexity index is 175. The quantitative estimate of drug-likeness (QED) is 0.731. The summed E-state index contributed by atoms with van der Waals surface area (Å²) < 4.78 is 5.25. The molecular weight excluding hydrogens is 190 g/mol. The second kappa shape index (κ2) is 6.46. The van der Waals surface area contributed by atoms with Crippen molar-refractivity contribution in [1.29, 1.82) is 0 Å². The van der Waals surface area contributed by atoms with Crippen LogP contribution in [0.5, 0.6) is 0 Å². The van der Waals surface area contributed by atoms with E-state index in [4.69, 9.17) is 4.74 Å². The van der Waals surface area contributed by atoms with Crippen molar-refractivity contribution >= 4 is 0 Å². The van der Waals surface area contributed by atoms with Crippen LogP contribution in [0.4, 0.5) is 0 Å². The third-order valence-electron chi connectivity index (χ3n) is 3.65. The summed E-state index contributed by atoms with van der Waals surface area (Å²) in [5.41, 5.74) is 0. The van der Waals surface area contributed by atoms with Gasteiger partial charge in [0.05, 0.1) is 12.2 Å². The van der Waals surface area contributed by atoms with Crippen molar-refractivity contribution in [3.8, 4) is 0 Å². The van der Waals surface area contributed by atoms with Gasteiger partial charge in [-0.05, 0) is 32.6 Å². The maximum Gasteiger partial charge on any atom is 0.0693 e. The Hall–Kier alpha value is -0.120. The zero-order chi connectivity index (χ0) is 11.3. The zero-order valence-electron chi connectivity index (χ0n) is 10.2. The van der Waals surface area contributed by atoms with Crippen LogP contribution in [0.3, 0.4) is 0 Å². The monoisotopic (exact) mass is 215 g/mol. The van der Waals surface area contributed by atoms with Gasteiger partial charge in [0.25, 0.3) is 0 Å². The number of methoxy groups -OCH3 is 1. The van der Waals surface area contributed by atoms with Crippen molar-refractivity contribution in [2.24, 2.45) is 5.92 Å². The van der Waals surface area contributed by atoms with Crippen molar-refractivity contribution < 1.29 is 9.84 Å².